The second-order valence-corrected chi connectivity index (χ2v) is 4.31. The second kappa shape index (κ2) is 5.17. The molecule has 1 N–H and O–H groups in total. The van der Waals surface area contributed by atoms with Gasteiger partial charge in [0, 0.05) is 0 Å². The molecule has 5 nitrogen and oxygen atoms in total. The molecule has 0 aromatic carbocycles. The van der Waals surface area contributed by atoms with Crippen LogP contribution < -0.4 is 5.43 Å². The van der Waals surface area contributed by atoms with Crippen LogP contribution in [0.4, 0.5) is 0 Å². The van der Waals surface area contributed by atoms with Gasteiger partial charge in [-0.25, -0.2) is 5.43 Å². The van der Waals surface area contributed by atoms with E-state index in [1.807, 2.05) is 22.6 Å². The smallest absolute Gasteiger partial charge is 0.307 e. The average Bonchev–Trinajstić information content (AvgIpc) is 2.88. The Morgan fingerprint density at radius 2 is 2.18 bits per heavy atom. The highest BCUT2D eigenvalue weighted by Crippen LogP contribution is 2.08. The number of furan rings is 2. The van der Waals surface area contributed by atoms with Gasteiger partial charge in [0.2, 0.25) is 0 Å². The van der Waals surface area contributed by atoms with E-state index in [9.17, 15) is 4.79 Å². The molecule has 0 aliphatic carbocycles. The van der Waals surface area contributed by atoms with Crippen molar-refractivity contribution in [2.75, 3.05) is 0 Å². The van der Waals surface area contributed by atoms with Crippen LogP contribution in [0.3, 0.4) is 0 Å². The Morgan fingerprint density at radius 3 is 2.76 bits per heavy atom. The van der Waals surface area contributed by atoms with Gasteiger partial charge in [0.25, 0.3) is 0 Å². The van der Waals surface area contributed by atoms with Crippen molar-refractivity contribution in [2.24, 2.45) is 5.10 Å². The van der Waals surface area contributed by atoms with Crippen LogP contribution in [0.5, 0.6) is 0 Å². The standard InChI is InChI=1S/C11H9IN2O3/c1-7-2-4-9(16-7)11(15)14-13-6-8-3-5-10(12)17-8/h2-6H,1H3,(H,14,15)/b13-6+. The fourth-order valence-electron chi connectivity index (χ4n) is 1.16. The largest absolute Gasteiger partial charge is 0.456 e. The predicted octanol–water partition coefficient (Wildman–Crippen LogP) is 2.55. The van der Waals surface area contributed by atoms with Gasteiger partial charge in [0.1, 0.15) is 11.5 Å². The number of carbonyl (C=O) groups excluding carboxylic acids is 1. The van der Waals surface area contributed by atoms with Crippen LogP contribution in [-0.4, -0.2) is 12.1 Å². The Balaban J connectivity index is 1.94. The lowest BCUT2D eigenvalue weighted by Crippen LogP contribution is -2.16. The van der Waals surface area contributed by atoms with E-state index in [1.54, 1.807) is 31.2 Å². The van der Waals surface area contributed by atoms with Crippen LogP contribution in [0, 0.1) is 10.7 Å². The summed E-state index contributed by atoms with van der Waals surface area (Å²) in [4.78, 5) is 11.5. The number of nitrogens with zero attached hydrogens (tertiary/aromatic N) is 1. The molecule has 0 saturated carbocycles. The van der Waals surface area contributed by atoms with E-state index in [2.05, 4.69) is 10.5 Å². The van der Waals surface area contributed by atoms with Gasteiger partial charge in [-0.2, -0.15) is 5.10 Å². The molecule has 1 amide bonds. The summed E-state index contributed by atoms with van der Waals surface area (Å²) in [6.45, 7) is 1.77. The quantitative estimate of drug-likeness (QED) is 0.529. The van der Waals surface area contributed by atoms with Crippen molar-refractivity contribution < 1.29 is 13.6 Å². The molecule has 88 valence electrons. The van der Waals surface area contributed by atoms with Gasteiger partial charge in [-0.15, -0.1) is 0 Å². The van der Waals surface area contributed by atoms with Crippen molar-refractivity contribution in [3.63, 3.8) is 0 Å². The summed E-state index contributed by atoms with van der Waals surface area (Å²) < 4.78 is 11.1. The first-order valence-electron chi connectivity index (χ1n) is 4.80. The van der Waals surface area contributed by atoms with Gasteiger partial charge in [-0.05, 0) is 53.8 Å². The van der Waals surface area contributed by atoms with Gasteiger partial charge in [0.15, 0.2) is 9.53 Å². The maximum atomic E-state index is 11.5. The fraction of sp³-hybridized carbons (Fsp3) is 0.0909. The Morgan fingerprint density at radius 1 is 1.35 bits per heavy atom. The maximum absolute atomic E-state index is 11.5. The number of carbonyl (C=O) groups is 1. The number of amides is 1. The summed E-state index contributed by atoms with van der Waals surface area (Å²) >= 11 is 2.05. The predicted molar refractivity (Wildman–Crippen MR) is 69.9 cm³/mol. The minimum Gasteiger partial charge on any atom is -0.456 e. The van der Waals surface area contributed by atoms with Crippen LogP contribution in [0.2, 0.25) is 0 Å². The Bertz CT molecular complexity index is 557. The minimum atomic E-state index is -0.393. The molecular weight excluding hydrogens is 335 g/mol. The summed E-state index contributed by atoms with van der Waals surface area (Å²) in [6.07, 6.45) is 1.43. The molecule has 2 aromatic rings. The minimum absolute atomic E-state index is 0.230. The molecule has 0 bridgehead atoms. The lowest BCUT2D eigenvalue weighted by Gasteiger charge is -1.94. The first-order valence-corrected chi connectivity index (χ1v) is 5.88. The SMILES string of the molecule is Cc1ccc(C(=O)N/N=C/c2ccc(I)o2)o1. The van der Waals surface area contributed by atoms with Gasteiger partial charge < -0.3 is 8.83 Å². The normalized spacial score (nSPS) is 10.9. The van der Waals surface area contributed by atoms with Gasteiger partial charge in [-0.3, -0.25) is 4.79 Å². The molecule has 0 aliphatic rings. The molecule has 0 spiro atoms. The summed E-state index contributed by atoms with van der Waals surface area (Å²) in [6, 6.07) is 6.87. The third-order valence-electron chi connectivity index (χ3n) is 1.92. The summed E-state index contributed by atoms with van der Waals surface area (Å²) in [5.74, 6) is 1.09. The molecule has 2 heterocycles. The Kier molecular flexibility index (Phi) is 3.62. The van der Waals surface area contributed by atoms with Crippen molar-refractivity contribution in [3.8, 4) is 0 Å². The van der Waals surface area contributed by atoms with Crippen molar-refractivity contribution in [2.45, 2.75) is 6.92 Å². The van der Waals surface area contributed by atoms with E-state index in [1.165, 1.54) is 6.21 Å². The van der Waals surface area contributed by atoms with E-state index < -0.39 is 5.91 Å². The lowest BCUT2D eigenvalue weighted by atomic mass is 10.4. The third-order valence-corrected chi connectivity index (χ3v) is 2.50. The zero-order valence-corrected chi connectivity index (χ0v) is 11.1. The highest BCUT2D eigenvalue weighted by atomic mass is 127. The number of aryl methyl sites for hydroxylation is 1. The van der Waals surface area contributed by atoms with E-state index in [-0.39, 0.29) is 5.76 Å². The third kappa shape index (κ3) is 3.19. The van der Waals surface area contributed by atoms with E-state index in [0.717, 1.165) is 3.77 Å². The van der Waals surface area contributed by atoms with E-state index in [4.69, 9.17) is 8.83 Å². The summed E-state index contributed by atoms with van der Waals surface area (Å²) in [7, 11) is 0. The number of nitrogens with one attached hydrogen (secondary N) is 1. The summed E-state index contributed by atoms with van der Waals surface area (Å²) in [5, 5.41) is 3.76. The first kappa shape index (κ1) is 11.9. The van der Waals surface area contributed by atoms with Crippen LogP contribution in [0.1, 0.15) is 22.1 Å². The number of hydrogen-bond acceptors (Lipinski definition) is 4. The van der Waals surface area contributed by atoms with Crippen LogP contribution >= 0.6 is 22.6 Å². The van der Waals surface area contributed by atoms with Crippen LogP contribution in [0.15, 0.2) is 38.2 Å². The van der Waals surface area contributed by atoms with E-state index >= 15 is 0 Å². The van der Waals surface area contributed by atoms with E-state index in [0.29, 0.717) is 11.5 Å². The molecule has 0 unspecified atom stereocenters. The van der Waals surface area contributed by atoms with Gasteiger partial charge >= 0.3 is 5.91 Å². The second-order valence-electron chi connectivity index (χ2n) is 3.25. The lowest BCUT2D eigenvalue weighted by molar-refractivity contribution is 0.0926. The highest BCUT2D eigenvalue weighted by Gasteiger charge is 2.08. The molecule has 0 saturated heterocycles. The molecule has 2 aromatic heterocycles. The molecular formula is C11H9IN2O3. The fourth-order valence-corrected chi connectivity index (χ4v) is 1.60. The van der Waals surface area contributed by atoms with Crippen molar-refractivity contribution in [1.82, 2.24) is 5.43 Å². The molecule has 2 rings (SSSR count). The Hall–Kier alpha value is -1.57. The monoisotopic (exact) mass is 344 g/mol. The number of hydrazone groups is 1. The summed E-state index contributed by atoms with van der Waals surface area (Å²) in [5.41, 5.74) is 2.34. The molecule has 17 heavy (non-hydrogen) atoms. The van der Waals surface area contributed by atoms with Crippen LogP contribution in [-0.2, 0) is 0 Å². The van der Waals surface area contributed by atoms with Gasteiger partial charge in [0.05, 0.1) is 6.21 Å². The van der Waals surface area contributed by atoms with Crippen molar-refractivity contribution in [3.05, 3.63) is 45.3 Å². The first-order chi connectivity index (χ1) is 8.15. The zero-order chi connectivity index (χ0) is 12.3. The molecule has 6 heteroatoms. The highest BCUT2D eigenvalue weighted by molar-refractivity contribution is 14.1. The van der Waals surface area contributed by atoms with Gasteiger partial charge in [-0.1, -0.05) is 0 Å². The zero-order valence-electron chi connectivity index (χ0n) is 8.94. The molecule has 0 aliphatic heterocycles. The average molecular weight is 344 g/mol. The van der Waals surface area contributed by atoms with Crippen molar-refractivity contribution in [1.29, 1.82) is 0 Å². The molecule has 0 fully saturated rings. The van der Waals surface area contributed by atoms with Crippen LogP contribution in [0.25, 0.3) is 0 Å². The number of rotatable bonds is 3. The topological polar surface area (TPSA) is 67.7 Å². The maximum Gasteiger partial charge on any atom is 0.307 e. The molecule has 0 radical (unpaired) electrons. The number of hydrogen-bond donors (Lipinski definition) is 1. The van der Waals surface area contributed by atoms with Crippen molar-refractivity contribution >= 4 is 34.7 Å². The Labute approximate surface area is 111 Å². The number of halogens is 1. The molecule has 0 atom stereocenters.